The van der Waals surface area contributed by atoms with Gasteiger partial charge in [0.15, 0.2) is 0 Å². The van der Waals surface area contributed by atoms with E-state index >= 15 is 0 Å². The van der Waals surface area contributed by atoms with E-state index in [9.17, 15) is 20.4 Å². The lowest BCUT2D eigenvalue weighted by Crippen LogP contribution is -2.41. The molecule has 4 aliphatic rings. The molecular weight excluding hydrogens is 1200 g/mol. The minimum Gasteiger partial charge on any atom is -0.508 e. The largest absolute Gasteiger partial charge is 0.508 e. The molecule has 8 nitrogen and oxygen atoms in total. The van der Waals surface area contributed by atoms with Crippen molar-refractivity contribution in [1.29, 1.82) is 0 Å². The van der Waals surface area contributed by atoms with Gasteiger partial charge in [-0.05, 0) is 273 Å². The zero-order valence-corrected chi connectivity index (χ0v) is 63.9. The van der Waals surface area contributed by atoms with Gasteiger partial charge in [0.05, 0.1) is 0 Å². The van der Waals surface area contributed by atoms with E-state index < -0.39 is 10.8 Å². The zero-order chi connectivity index (χ0) is 71.6. The number of rotatable bonds is 6. The maximum atomic E-state index is 12.5. The molecule has 97 heavy (non-hydrogen) atoms. The molecule has 8 heteroatoms. The normalized spacial score (nSPS) is 22.3. The van der Waals surface area contributed by atoms with Gasteiger partial charge in [0, 0.05) is 83.6 Å². The molecule has 0 fully saturated rings. The average molecular weight is 1310 g/mol. The predicted molar refractivity (Wildman–Crippen MR) is 397 cm³/mol. The molecular formula is C89H110O8. The molecule has 0 amide bonds. The monoisotopic (exact) mass is 1310 g/mol. The summed E-state index contributed by atoms with van der Waals surface area (Å²) in [7, 11) is 0. The lowest BCUT2D eigenvalue weighted by atomic mass is 9.61. The topological polar surface area (TPSA) is 118 Å². The molecule has 8 atom stereocenters. The van der Waals surface area contributed by atoms with Gasteiger partial charge in [0.2, 0.25) is 0 Å². The first-order valence-corrected chi connectivity index (χ1v) is 35.4. The third-order valence-corrected chi connectivity index (χ3v) is 25.4. The van der Waals surface area contributed by atoms with E-state index in [2.05, 4.69) is 215 Å². The van der Waals surface area contributed by atoms with Crippen LogP contribution in [0, 0.1) is 153 Å². The highest BCUT2D eigenvalue weighted by molar-refractivity contribution is 5.69. The summed E-state index contributed by atoms with van der Waals surface area (Å²) < 4.78 is 28.5. The Hall–Kier alpha value is -7.84. The van der Waals surface area contributed by atoms with Crippen molar-refractivity contribution < 1.29 is 39.4 Å². The first kappa shape index (κ1) is 70.5. The first-order chi connectivity index (χ1) is 45.0. The highest BCUT2D eigenvalue weighted by Gasteiger charge is 2.55. The molecule has 0 saturated carbocycles. The Labute approximate surface area is 580 Å². The number of benzene rings is 8. The van der Waals surface area contributed by atoms with E-state index in [1.54, 1.807) is 0 Å². The second kappa shape index (κ2) is 24.3. The molecule has 8 unspecified atom stereocenters. The first-order valence-electron chi connectivity index (χ1n) is 35.4. The van der Waals surface area contributed by atoms with E-state index in [1.165, 1.54) is 77.9 Å². The molecule has 4 N–H and O–H groups in total. The van der Waals surface area contributed by atoms with Crippen molar-refractivity contribution in [2.45, 2.75) is 249 Å². The Morgan fingerprint density at radius 1 is 0.247 bits per heavy atom. The van der Waals surface area contributed by atoms with Gasteiger partial charge >= 0.3 is 0 Å². The van der Waals surface area contributed by atoms with Crippen molar-refractivity contribution in [2.24, 2.45) is 21.7 Å². The Balaban J connectivity index is 0.000000197. The molecule has 12 rings (SSSR count). The Kier molecular flexibility index (Phi) is 17.6. The number of hydrogen-bond acceptors (Lipinski definition) is 8. The lowest BCUT2D eigenvalue weighted by molar-refractivity contribution is 0.0199. The van der Waals surface area contributed by atoms with Gasteiger partial charge in [-0.2, -0.15) is 0 Å². The summed E-state index contributed by atoms with van der Waals surface area (Å²) in [6, 6.07) is 23.7. The summed E-state index contributed by atoms with van der Waals surface area (Å²) in [5.74, 6) is 3.73. The number of phenolic OH excluding ortho intramolecular Hbond substituents is 4. The van der Waals surface area contributed by atoms with E-state index in [0.717, 1.165) is 89.4 Å². The van der Waals surface area contributed by atoms with Crippen LogP contribution in [0.15, 0.2) is 66.7 Å². The molecule has 514 valence electrons. The summed E-state index contributed by atoms with van der Waals surface area (Å²) in [5.41, 5.74) is 30.5. The molecule has 0 aromatic heterocycles. The van der Waals surface area contributed by atoms with E-state index in [-0.39, 0.29) is 81.9 Å². The van der Waals surface area contributed by atoms with Gasteiger partial charge in [-0.1, -0.05) is 118 Å². The van der Waals surface area contributed by atoms with Crippen molar-refractivity contribution in [1.82, 2.24) is 0 Å². The number of phenols is 4. The Morgan fingerprint density at radius 2 is 0.505 bits per heavy atom. The minimum atomic E-state index is -0.526. The minimum absolute atomic E-state index is 0.143. The summed E-state index contributed by atoms with van der Waals surface area (Å²) in [4.78, 5) is 0. The lowest BCUT2D eigenvalue weighted by Gasteiger charge is -2.50. The van der Waals surface area contributed by atoms with Crippen LogP contribution in [-0.2, 0) is 0 Å². The predicted octanol–water partition coefficient (Wildman–Crippen LogP) is 23.2. The molecule has 4 heterocycles. The maximum Gasteiger partial charge on any atom is 0.131 e. The molecule has 0 radical (unpaired) electrons. The SMILES string of the molecule is Cc1cc(C2Oc3c(C)c(O)c(C4c5c(C)cc(O)c(C)c5OC(c5cc(C)c(C)c(C)c5)C4(C)C)c(C)c3C(C)C2(C)C)cc(C)c1C.Cc1cc(C2Oc3c(c(C)cc(O)c3C3c4c(C)cc(O)c(C)c4OC(c4cc(C)c(C)c(C)c4)C3(C)C)C(C)C2(C)C)cc(C)c1C. The molecule has 0 aliphatic carbocycles. The molecule has 8 aromatic rings. The summed E-state index contributed by atoms with van der Waals surface area (Å²) in [5, 5.41) is 46.8. The summed E-state index contributed by atoms with van der Waals surface area (Å²) in [6.07, 6.45) is -1.05. The van der Waals surface area contributed by atoms with Gasteiger partial charge in [-0.3, -0.25) is 0 Å². The molecule has 0 bridgehead atoms. The summed E-state index contributed by atoms with van der Waals surface area (Å²) in [6.45, 7) is 63.2. The van der Waals surface area contributed by atoms with Crippen LogP contribution < -0.4 is 18.9 Å². The fourth-order valence-electron chi connectivity index (χ4n) is 17.8. The van der Waals surface area contributed by atoms with Gasteiger partial charge in [0.1, 0.15) is 70.4 Å². The molecule has 8 aromatic carbocycles. The zero-order valence-electron chi connectivity index (χ0n) is 63.9. The standard InChI is InChI=1S/C45H56O4.C44H54O4/c1-21-16-32(17-22(2)26(21)6)42-44(12,13)31(11)36-29(9)37(39(47)30(10)41(36)49-42)38-35-25(5)20-34(46)28(8)40(35)48-43(45(38,14)15)33-18-23(3)27(7)24(4)19-33;1-21-15-31(16-22(2)27(21)7)41-43(11,12)30(10)35-25(5)20-34(46)37(40(35)48-41)38-36-26(6)19-33(45)29(9)39(36)47-42(44(38,13)14)32-17-23(3)28(8)24(4)18-32/h16-20,31,38,42-43,46-47H,1-15H3;15-20,30,38,41-42,45-46H,1-14H3. The number of ether oxygens (including phenoxy) is 4. The van der Waals surface area contributed by atoms with E-state index in [4.69, 9.17) is 18.9 Å². The van der Waals surface area contributed by atoms with E-state index in [0.29, 0.717) is 17.1 Å². The average Bonchev–Trinajstić information content (AvgIpc) is 0.708. The molecule has 4 aliphatic heterocycles. The fraction of sp³-hybridized carbons (Fsp3) is 0.461. The van der Waals surface area contributed by atoms with Crippen molar-refractivity contribution >= 4 is 0 Å². The number of fused-ring (bicyclic) bond motifs is 4. The third-order valence-electron chi connectivity index (χ3n) is 25.4. The van der Waals surface area contributed by atoms with Crippen LogP contribution in [0.25, 0.3) is 0 Å². The highest BCUT2D eigenvalue weighted by Crippen LogP contribution is 2.67. The van der Waals surface area contributed by atoms with Crippen LogP contribution in [-0.4, -0.2) is 20.4 Å². The highest BCUT2D eigenvalue weighted by atomic mass is 16.5. The van der Waals surface area contributed by atoms with Gasteiger partial charge in [0.25, 0.3) is 0 Å². The van der Waals surface area contributed by atoms with Gasteiger partial charge in [-0.25, -0.2) is 0 Å². The molecule has 0 spiro atoms. The van der Waals surface area contributed by atoms with Crippen LogP contribution in [0.1, 0.15) is 279 Å². The van der Waals surface area contributed by atoms with Crippen molar-refractivity contribution in [3.05, 3.63) is 228 Å². The number of hydrogen-bond donors (Lipinski definition) is 4. The number of aryl methyl sites for hydroxylation is 11. The summed E-state index contributed by atoms with van der Waals surface area (Å²) >= 11 is 0. The van der Waals surface area contributed by atoms with Crippen LogP contribution in [0.3, 0.4) is 0 Å². The van der Waals surface area contributed by atoms with Gasteiger partial charge in [-0.15, -0.1) is 0 Å². The van der Waals surface area contributed by atoms with Crippen LogP contribution in [0.2, 0.25) is 0 Å². The number of aromatic hydroxyl groups is 4. The Bertz CT molecular complexity index is 4490. The van der Waals surface area contributed by atoms with Crippen molar-refractivity contribution in [2.75, 3.05) is 0 Å². The van der Waals surface area contributed by atoms with Crippen molar-refractivity contribution in [3.8, 4) is 46.0 Å². The fourth-order valence-corrected chi connectivity index (χ4v) is 17.8. The second-order valence-corrected chi connectivity index (χ2v) is 33.0. The van der Waals surface area contributed by atoms with Crippen LogP contribution in [0.4, 0.5) is 0 Å². The van der Waals surface area contributed by atoms with E-state index in [1.807, 2.05) is 52.8 Å². The maximum absolute atomic E-state index is 12.5. The quantitative estimate of drug-likeness (QED) is 0.130. The second-order valence-electron chi connectivity index (χ2n) is 33.0. The van der Waals surface area contributed by atoms with Crippen LogP contribution >= 0.6 is 0 Å². The Morgan fingerprint density at radius 3 is 0.835 bits per heavy atom. The van der Waals surface area contributed by atoms with Crippen LogP contribution in [0.5, 0.6) is 46.0 Å². The molecule has 0 saturated heterocycles. The van der Waals surface area contributed by atoms with Gasteiger partial charge < -0.3 is 39.4 Å². The third kappa shape index (κ3) is 11.0. The van der Waals surface area contributed by atoms with Crippen molar-refractivity contribution in [3.63, 3.8) is 0 Å². The smallest absolute Gasteiger partial charge is 0.131 e.